The van der Waals surface area contributed by atoms with Crippen LogP contribution < -0.4 is 5.32 Å². The van der Waals surface area contributed by atoms with E-state index in [9.17, 15) is 5.11 Å². The Bertz CT molecular complexity index is 460. The number of hydrogen-bond donors (Lipinski definition) is 2. The van der Waals surface area contributed by atoms with Crippen molar-refractivity contribution in [3.63, 3.8) is 0 Å². The lowest BCUT2D eigenvalue weighted by Gasteiger charge is -2.35. The highest BCUT2D eigenvalue weighted by atomic mass is 79.9. The summed E-state index contributed by atoms with van der Waals surface area (Å²) in [6.07, 6.45) is 4.20. The molecule has 114 valence electrons. The summed E-state index contributed by atoms with van der Waals surface area (Å²) in [7, 11) is 0. The molecule has 0 radical (unpaired) electrons. The summed E-state index contributed by atoms with van der Waals surface area (Å²) in [6.45, 7) is 8.61. The third kappa shape index (κ3) is 3.62. The quantitative estimate of drug-likeness (QED) is 0.863. The molecule has 2 N–H and O–H groups in total. The van der Waals surface area contributed by atoms with Crippen LogP contribution in [0.1, 0.15) is 50.9 Å². The average Bonchev–Trinajstić information content (AvgIpc) is 2.66. The maximum absolute atomic E-state index is 10.6. The average molecular weight is 344 g/mol. The van der Waals surface area contributed by atoms with Crippen LogP contribution in [-0.4, -0.2) is 27.0 Å². The topological polar surface area (TPSA) is 50.1 Å². The van der Waals surface area contributed by atoms with Gasteiger partial charge in [-0.3, -0.25) is 4.68 Å². The molecular weight excluding hydrogens is 318 g/mol. The molecule has 1 fully saturated rings. The Morgan fingerprint density at radius 3 is 2.95 bits per heavy atom. The van der Waals surface area contributed by atoms with E-state index >= 15 is 0 Å². The third-order valence-electron chi connectivity index (χ3n) is 4.27. The molecule has 0 amide bonds. The standard InChI is InChI=1S/C15H26BrN3O/c1-4-19-13(14(16)12(3)18-19)9-17-10-15(20)7-5-6-11(2)8-15/h11,17,20H,4-10H2,1-3H3. The Morgan fingerprint density at radius 1 is 1.55 bits per heavy atom. The molecule has 0 aromatic carbocycles. The van der Waals surface area contributed by atoms with Gasteiger partial charge < -0.3 is 10.4 Å². The molecule has 1 heterocycles. The van der Waals surface area contributed by atoms with E-state index in [1.165, 1.54) is 6.42 Å². The molecule has 0 spiro atoms. The van der Waals surface area contributed by atoms with Crippen molar-refractivity contribution in [2.45, 2.75) is 65.1 Å². The number of halogens is 1. The fraction of sp³-hybridized carbons (Fsp3) is 0.800. The molecule has 1 aliphatic carbocycles. The summed E-state index contributed by atoms with van der Waals surface area (Å²) in [5, 5.41) is 18.5. The van der Waals surface area contributed by atoms with Crippen LogP contribution in [0, 0.1) is 12.8 Å². The molecule has 1 aliphatic rings. The minimum atomic E-state index is -0.531. The van der Waals surface area contributed by atoms with Crippen molar-refractivity contribution in [3.05, 3.63) is 15.9 Å². The number of rotatable bonds is 5. The van der Waals surface area contributed by atoms with E-state index in [0.29, 0.717) is 12.5 Å². The largest absolute Gasteiger partial charge is 0.389 e. The lowest BCUT2D eigenvalue weighted by Crippen LogP contribution is -2.44. The smallest absolute Gasteiger partial charge is 0.0774 e. The predicted octanol–water partition coefficient (Wildman–Crippen LogP) is 3.00. The number of aliphatic hydroxyl groups is 1. The lowest BCUT2D eigenvalue weighted by molar-refractivity contribution is -0.0120. The Labute approximate surface area is 130 Å². The Hall–Kier alpha value is -0.390. The first-order chi connectivity index (χ1) is 9.45. The van der Waals surface area contributed by atoms with Crippen LogP contribution in [0.4, 0.5) is 0 Å². The van der Waals surface area contributed by atoms with Crippen LogP contribution >= 0.6 is 15.9 Å². The van der Waals surface area contributed by atoms with Crippen molar-refractivity contribution in [1.82, 2.24) is 15.1 Å². The van der Waals surface area contributed by atoms with E-state index < -0.39 is 5.60 Å². The van der Waals surface area contributed by atoms with E-state index in [0.717, 1.165) is 48.2 Å². The minimum absolute atomic E-state index is 0.531. The van der Waals surface area contributed by atoms with Crippen molar-refractivity contribution in [1.29, 1.82) is 0 Å². The van der Waals surface area contributed by atoms with Gasteiger partial charge in [-0.1, -0.05) is 19.8 Å². The predicted molar refractivity (Wildman–Crippen MR) is 84.6 cm³/mol. The maximum atomic E-state index is 10.6. The molecule has 2 rings (SSSR count). The van der Waals surface area contributed by atoms with E-state index in [1.807, 2.05) is 11.6 Å². The molecule has 1 aromatic rings. The second-order valence-electron chi connectivity index (χ2n) is 6.19. The SMILES string of the molecule is CCn1nc(C)c(Br)c1CNCC1(O)CCCC(C)C1. The molecule has 2 atom stereocenters. The van der Waals surface area contributed by atoms with Crippen molar-refractivity contribution >= 4 is 15.9 Å². The minimum Gasteiger partial charge on any atom is -0.389 e. The van der Waals surface area contributed by atoms with Gasteiger partial charge in [-0.25, -0.2) is 0 Å². The normalized spacial score (nSPS) is 26.9. The van der Waals surface area contributed by atoms with Gasteiger partial charge in [0.15, 0.2) is 0 Å². The fourth-order valence-corrected chi connectivity index (χ4v) is 3.67. The van der Waals surface area contributed by atoms with Crippen molar-refractivity contribution in [3.8, 4) is 0 Å². The Morgan fingerprint density at radius 2 is 2.30 bits per heavy atom. The maximum Gasteiger partial charge on any atom is 0.0774 e. The molecule has 1 aromatic heterocycles. The Balaban J connectivity index is 1.93. The van der Waals surface area contributed by atoms with Crippen molar-refractivity contribution in [2.75, 3.05) is 6.54 Å². The molecule has 5 heteroatoms. The Kier molecular flexibility index (Phi) is 5.26. The first-order valence-electron chi connectivity index (χ1n) is 7.60. The van der Waals surface area contributed by atoms with Gasteiger partial charge in [-0.2, -0.15) is 5.10 Å². The summed E-state index contributed by atoms with van der Waals surface area (Å²) >= 11 is 3.61. The molecular formula is C15H26BrN3O. The van der Waals surface area contributed by atoms with Crippen LogP contribution in [0.2, 0.25) is 0 Å². The van der Waals surface area contributed by atoms with Gasteiger partial charge in [0.1, 0.15) is 0 Å². The molecule has 0 aliphatic heterocycles. The molecule has 1 saturated carbocycles. The highest BCUT2D eigenvalue weighted by Crippen LogP contribution is 2.31. The fourth-order valence-electron chi connectivity index (χ4n) is 3.24. The summed E-state index contributed by atoms with van der Waals surface area (Å²) in [4.78, 5) is 0. The molecule has 0 saturated heterocycles. The number of hydrogen-bond acceptors (Lipinski definition) is 3. The number of aryl methyl sites for hydroxylation is 2. The second-order valence-corrected chi connectivity index (χ2v) is 6.98. The summed E-state index contributed by atoms with van der Waals surface area (Å²) < 4.78 is 3.09. The van der Waals surface area contributed by atoms with Crippen LogP contribution in [-0.2, 0) is 13.1 Å². The first-order valence-corrected chi connectivity index (χ1v) is 8.39. The number of nitrogens with one attached hydrogen (secondary N) is 1. The van der Waals surface area contributed by atoms with E-state index in [2.05, 4.69) is 40.2 Å². The first kappa shape index (κ1) is 16.0. The number of nitrogens with zero attached hydrogens (tertiary/aromatic N) is 2. The molecule has 0 bridgehead atoms. The molecule has 20 heavy (non-hydrogen) atoms. The van der Waals surface area contributed by atoms with Gasteiger partial charge in [0, 0.05) is 19.6 Å². The van der Waals surface area contributed by atoms with E-state index in [4.69, 9.17) is 0 Å². The van der Waals surface area contributed by atoms with Crippen molar-refractivity contribution < 1.29 is 5.11 Å². The number of aromatic nitrogens is 2. The van der Waals surface area contributed by atoms with Gasteiger partial charge >= 0.3 is 0 Å². The van der Waals surface area contributed by atoms with Crippen LogP contribution in [0.15, 0.2) is 4.47 Å². The third-order valence-corrected chi connectivity index (χ3v) is 5.30. The van der Waals surface area contributed by atoms with E-state index in [-0.39, 0.29) is 0 Å². The van der Waals surface area contributed by atoms with Gasteiger partial charge in [0.25, 0.3) is 0 Å². The van der Waals surface area contributed by atoms with Crippen molar-refractivity contribution in [2.24, 2.45) is 5.92 Å². The summed E-state index contributed by atoms with van der Waals surface area (Å²) in [5.41, 5.74) is 1.65. The van der Waals surface area contributed by atoms with Crippen LogP contribution in [0.5, 0.6) is 0 Å². The highest BCUT2D eigenvalue weighted by molar-refractivity contribution is 9.10. The van der Waals surface area contributed by atoms with Gasteiger partial charge in [-0.15, -0.1) is 0 Å². The molecule has 4 nitrogen and oxygen atoms in total. The van der Waals surface area contributed by atoms with Gasteiger partial charge in [0.2, 0.25) is 0 Å². The molecule has 2 unspecified atom stereocenters. The monoisotopic (exact) mass is 343 g/mol. The lowest BCUT2D eigenvalue weighted by atomic mass is 9.79. The zero-order valence-electron chi connectivity index (χ0n) is 12.7. The van der Waals surface area contributed by atoms with Crippen LogP contribution in [0.25, 0.3) is 0 Å². The second kappa shape index (κ2) is 6.58. The summed E-state index contributed by atoms with van der Waals surface area (Å²) in [5.74, 6) is 0.630. The van der Waals surface area contributed by atoms with Crippen LogP contribution in [0.3, 0.4) is 0 Å². The summed E-state index contributed by atoms with van der Waals surface area (Å²) in [6, 6.07) is 0. The van der Waals surface area contributed by atoms with Gasteiger partial charge in [-0.05, 0) is 48.5 Å². The zero-order valence-corrected chi connectivity index (χ0v) is 14.3. The zero-order chi connectivity index (χ0) is 14.8. The van der Waals surface area contributed by atoms with Gasteiger partial charge in [0.05, 0.1) is 21.5 Å². The highest BCUT2D eigenvalue weighted by Gasteiger charge is 2.32. The van der Waals surface area contributed by atoms with E-state index in [1.54, 1.807) is 0 Å².